The van der Waals surface area contributed by atoms with Gasteiger partial charge in [-0.2, -0.15) is 0 Å². The summed E-state index contributed by atoms with van der Waals surface area (Å²) in [6.45, 7) is 1.63. The quantitative estimate of drug-likeness (QED) is 0.792. The highest BCUT2D eigenvalue weighted by molar-refractivity contribution is 7.89. The van der Waals surface area contributed by atoms with E-state index in [1.54, 1.807) is 6.92 Å². The fourth-order valence-electron chi connectivity index (χ4n) is 1.56. The minimum Gasteiger partial charge on any atom is -0.477 e. The van der Waals surface area contributed by atoms with Crippen LogP contribution in [-0.4, -0.2) is 50.3 Å². The highest BCUT2D eigenvalue weighted by Crippen LogP contribution is 2.22. The van der Waals surface area contributed by atoms with E-state index in [1.165, 1.54) is 19.5 Å². The summed E-state index contributed by atoms with van der Waals surface area (Å²) >= 11 is 0.847. The molecule has 1 heterocycles. The lowest BCUT2D eigenvalue weighted by Crippen LogP contribution is -2.37. The number of carbonyl (C=O) groups is 2. The molecule has 112 valence electrons. The second-order valence-electron chi connectivity index (χ2n) is 4.25. The van der Waals surface area contributed by atoms with Crippen LogP contribution in [0.5, 0.6) is 0 Å². The summed E-state index contributed by atoms with van der Waals surface area (Å²) in [6.07, 6.45) is 0. The molecule has 1 amide bonds. The fourth-order valence-corrected chi connectivity index (χ4v) is 3.92. The van der Waals surface area contributed by atoms with Crippen LogP contribution in [0.2, 0.25) is 0 Å². The van der Waals surface area contributed by atoms with E-state index < -0.39 is 21.9 Å². The number of carbonyl (C=O) groups excluding carboxylic acids is 1. The maximum atomic E-state index is 12.2. The first-order valence-corrected chi connectivity index (χ1v) is 8.02. The molecule has 0 fully saturated rings. The summed E-state index contributed by atoms with van der Waals surface area (Å²) in [7, 11) is -0.956. The third kappa shape index (κ3) is 3.56. The van der Waals surface area contributed by atoms with Crippen molar-refractivity contribution in [1.29, 1.82) is 0 Å². The van der Waals surface area contributed by atoms with Crippen molar-refractivity contribution in [1.82, 2.24) is 9.62 Å². The van der Waals surface area contributed by atoms with E-state index in [1.807, 2.05) is 0 Å². The van der Waals surface area contributed by atoms with E-state index in [4.69, 9.17) is 5.11 Å². The van der Waals surface area contributed by atoms with E-state index in [-0.39, 0.29) is 22.2 Å². The van der Waals surface area contributed by atoms with Gasteiger partial charge in [-0.25, -0.2) is 17.5 Å². The van der Waals surface area contributed by atoms with Crippen molar-refractivity contribution < 1.29 is 23.1 Å². The second-order valence-corrected chi connectivity index (χ2v) is 7.21. The highest BCUT2D eigenvalue weighted by Gasteiger charge is 2.26. The van der Waals surface area contributed by atoms with Gasteiger partial charge in [-0.3, -0.25) is 4.79 Å². The minimum atomic E-state index is -3.79. The zero-order valence-corrected chi connectivity index (χ0v) is 12.9. The van der Waals surface area contributed by atoms with Gasteiger partial charge in [-0.1, -0.05) is 6.92 Å². The number of carboxylic acids is 1. The number of sulfonamides is 1. The predicted molar refractivity (Wildman–Crippen MR) is 74.3 cm³/mol. The van der Waals surface area contributed by atoms with Crippen molar-refractivity contribution in [2.24, 2.45) is 5.92 Å². The fraction of sp³-hybridized carbons (Fsp3) is 0.455. The predicted octanol–water partition coefficient (Wildman–Crippen LogP) is 0.449. The first kappa shape index (κ1) is 16.6. The van der Waals surface area contributed by atoms with Crippen LogP contribution in [0.4, 0.5) is 0 Å². The molecule has 7 nitrogen and oxygen atoms in total. The van der Waals surface area contributed by atoms with Crippen LogP contribution in [0.25, 0.3) is 0 Å². The lowest BCUT2D eigenvalue weighted by Gasteiger charge is -2.19. The van der Waals surface area contributed by atoms with Crippen LogP contribution in [-0.2, 0) is 14.8 Å². The number of thiophene rings is 1. The van der Waals surface area contributed by atoms with Crippen LogP contribution >= 0.6 is 11.3 Å². The molecule has 1 aromatic rings. The standard InChI is InChI=1S/C11H16N2O5S2/c1-7(10(14)12-2)5-13(3)20(17,18)8-4-9(11(15)16)19-6-8/h4,6-7H,5H2,1-3H3,(H,12,14)(H,15,16). The van der Waals surface area contributed by atoms with E-state index in [9.17, 15) is 18.0 Å². The van der Waals surface area contributed by atoms with Gasteiger partial charge < -0.3 is 10.4 Å². The molecule has 1 unspecified atom stereocenters. The lowest BCUT2D eigenvalue weighted by atomic mass is 10.2. The van der Waals surface area contributed by atoms with Crippen molar-refractivity contribution in [2.45, 2.75) is 11.8 Å². The van der Waals surface area contributed by atoms with Gasteiger partial charge in [0.25, 0.3) is 0 Å². The molecule has 0 saturated heterocycles. The number of nitrogens with one attached hydrogen (secondary N) is 1. The highest BCUT2D eigenvalue weighted by atomic mass is 32.2. The Kier molecular flexibility index (Phi) is 5.26. The van der Waals surface area contributed by atoms with Crippen LogP contribution in [0.1, 0.15) is 16.6 Å². The Balaban J connectivity index is 2.92. The van der Waals surface area contributed by atoms with Gasteiger partial charge >= 0.3 is 5.97 Å². The van der Waals surface area contributed by atoms with Gasteiger partial charge in [0, 0.05) is 31.9 Å². The van der Waals surface area contributed by atoms with Gasteiger partial charge in [-0.05, 0) is 6.07 Å². The van der Waals surface area contributed by atoms with Crippen LogP contribution < -0.4 is 5.32 Å². The summed E-state index contributed by atoms with van der Waals surface area (Å²) < 4.78 is 25.5. The van der Waals surface area contributed by atoms with E-state index >= 15 is 0 Å². The summed E-state index contributed by atoms with van der Waals surface area (Å²) in [4.78, 5) is 22.0. The molecule has 0 radical (unpaired) electrons. The van der Waals surface area contributed by atoms with E-state index in [0.29, 0.717) is 0 Å². The number of nitrogens with zero attached hydrogens (tertiary/aromatic N) is 1. The monoisotopic (exact) mass is 320 g/mol. The zero-order chi connectivity index (χ0) is 15.5. The largest absolute Gasteiger partial charge is 0.477 e. The van der Waals surface area contributed by atoms with Crippen LogP contribution in [0.15, 0.2) is 16.3 Å². The van der Waals surface area contributed by atoms with Crippen LogP contribution in [0, 0.1) is 5.92 Å². The third-order valence-corrected chi connectivity index (χ3v) is 5.59. The van der Waals surface area contributed by atoms with Gasteiger partial charge in [-0.15, -0.1) is 11.3 Å². The lowest BCUT2D eigenvalue weighted by molar-refractivity contribution is -0.124. The smallest absolute Gasteiger partial charge is 0.345 e. The molecule has 0 aliphatic rings. The summed E-state index contributed by atoms with van der Waals surface area (Å²) in [5.41, 5.74) is 0. The number of rotatable bonds is 6. The third-order valence-electron chi connectivity index (χ3n) is 2.72. The molecule has 0 bridgehead atoms. The number of carboxylic acid groups (broad SMARTS) is 1. The number of hydrogen-bond acceptors (Lipinski definition) is 5. The Morgan fingerprint density at radius 1 is 1.50 bits per heavy atom. The Morgan fingerprint density at radius 3 is 2.55 bits per heavy atom. The molecule has 9 heteroatoms. The maximum Gasteiger partial charge on any atom is 0.345 e. The van der Waals surface area contributed by atoms with Gasteiger partial charge in [0.2, 0.25) is 15.9 Å². The van der Waals surface area contributed by atoms with Crippen molar-refractivity contribution in [3.8, 4) is 0 Å². The topological polar surface area (TPSA) is 104 Å². The normalized spacial score (nSPS) is 13.2. The van der Waals surface area contributed by atoms with Gasteiger partial charge in [0.05, 0.1) is 4.90 Å². The molecule has 1 aromatic heterocycles. The molecule has 1 rings (SSSR count). The molecule has 0 aliphatic carbocycles. The Hall–Kier alpha value is -1.45. The second kappa shape index (κ2) is 6.33. The Morgan fingerprint density at radius 2 is 2.10 bits per heavy atom. The molecule has 0 aromatic carbocycles. The maximum absolute atomic E-state index is 12.2. The summed E-state index contributed by atoms with van der Waals surface area (Å²) in [5, 5.41) is 12.5. The Bertz CT molecular complexity index is 608. The van der Waals surface area contributed by atoms with Crippen molar-refractivity contribution in [2.75, 3.05) is 20.6 Å². The molecule has 0 saturated carbocycles. The van der Waals surface area contributed by atoms with Gasteiger partial charge in [0.15, 0.2) is 0 Å². The summed E-state index contributed by atoms with van der Waals surface area (Å²) in [5.74, 6) is -1.93. The molecular weight excluding hydrogens is 304 g/mol. The average molecular weight is 320 g/mol. The molecule has 0 aliphatic heterocycles. The molecular formula is C11H16N2O5S2. The SMILES string of the molecule is CNC(=O)C(C)CN(C)S(=O)(=O)c1csc(C(=O)O)c1. The first-order chi connectivity index (χ1) is 9.20. The average Bonchev–Trinajstić information content (AvgIpc) is 2.87. The molecule has 0 spiro atoms. The van der Waals surface area contributed by atoms with Gasteiger partial charge in [0.1, 0.15) is 4.88 Å². The molecule has 2 N–H and O–H groups in total. The molecule has 20 heavy (non-hydrogen) atoms. The van der Waals surface area contributed by atoms with Crippen LogP contribution in [0.3, 0.4) is 0 Å². The first-order valence-electron chi connectivity index (χ1n) is 5.70. The number of amides is 1. The summed E-state index contributed by atoms with van der Waals surface area (Å²) in [6, 6.07) is 1.11. The van der Waals surface area contributed by atoms with E-state index in [2.05, 4.69) is 5.32 Å². The zero-order valence-electron chi connectivity index (χ0n) is 11.3. The van der Waals surface area contributed by atoms with E-state index in [0.717, 1.165) is 21.7 Å². The van der Waals surface area contributed by atoms with Crippen molar-refractivity contribution in [3.63, 3.8) is 0 Å². The van der Waals surface area contributed by atoms with Crippen molar-refractivity contribution >= 4 is 33.2 Å². The number of aromatic carboxylic acids is 1. The number of hydrogen-bond donors (Lipinski definition) is 2. The Labute approximate surface area is 121 Å². The molecule has 1 atom stereocenters. The van der Waals surface area contributed by atoms with Crippen molar-refractivity contribution in [3.05, 3.63) is 16.3 Å². The minimum absolute atomic E-state index is 0.0141.